The molecule has 1 aromatic carbocycles. The Morgan fingerprint density at radius 3 is 2.24 bits per heavy atom. The molecule has 0 aromatic heterocycles. The van der Waals surface area contributed by atoms with Crippen molar-refractivity contribution >= 4 is 11.7 Å². The smallest absolute Gasteiger partial charge is 0.321 e. The van der Waals surface area contributed by atoms with E-state index in [0.717, 1.165) is 18.7 Å². The summed E-state index contributed by atoms with van der Waals surface area (Å²) in [5.41, 5.74) is 2.03. The SMILES string of the molecule is CC.CCCN(C)C(=O)Nc1ccc(C)cc1. The molecule has 0 unspecified atom stereocenters. The molecule has 96 valence electrons. The lowest BCUT2D eigenvalue weighted by Gasteiger charge is -2.16. The highest BCUT2D eigenvalue weighted by molar-refractivity contribution is 5.89. The van der Waals surface area contributed by atoms with Crippen molar-refractivity contribution in [1.82, 2.24) is 4.90 Å². The lowest BCUT2D eigenvalue weighted by Crippen LogP contribution is -2.31. The Labute approximate surface area is 105 Å². The van der Waals surface area contributed by atoms with Crippen LogP contribution in [0.5, 0.6) is 0 Å². The molecule has 0 aliphatic rings. The molecule has 3 heteroatoms. The second kappa shape index (κ2) is 8.62. The summed E-state index contributed by atoms with van der Waals surface area (Å²) in [6.45, 7) is 8.85. The first-order valence-corrected chi connectivity index (χ1v) is 6.22. The molecule has 1 aromatic rings. The van der Waals surface area contributed by atoms with Crippen LogP contribution in [0, 0.1) is 6.92 Å². The molecule has 0 spiro atoms. The summed E-state index contributed by atoms with van der Waals surface area (Å²) in [7, 11) is 1.80. The van der Waals surface area contributed by atoms with E-state index in [1.54, 1.807) is 11.9 Å². The van der Waals surface area contributed by atoms with E-state index < -0.39 is 0 Å². The van der Waals surface area contributed by atoms with Crippen LogP contribution >= 0.6 is 0 Å². The number of carbonyl (C=O) groups is 1. The Morgan fingerprint density at radius 2 is 1.76 bits per heavy atom. The van der Waals surface area contributed by atoms with Crippen molar-refractivity contribution in [2.75, 3.05) is 18.9 Å². The van der Waals surface area contributed by atoms with Gasteiger partial charge in [0.25, 0.3) is 0 Å². The molecule has 0 atom stereocenters. The van der Waals surface area contributed by atoms with Crippen LogP contribution < -0.4 is 5.32 Å². The van der Waals surface area contributed by atoms with Gasteiger partial charge in [-0.05, 0) is 25.5 Å². The quantitative estimate of drug-likeness (QED) is 0.848. The summed E-state index contributed by atoms with van der Waals surface area (Å²) in [4.78, 5) is 13.3. The number of amides is 2. The second-order valence-electron chi connectivity index (χ2n) is 3.72. The minimum Gasteiger partial charge on any atom is -0.328 e. The van der Waals surface area contributed by atoms with Crippen LogP contribution in [0.2, 0.25) is 0 Å². The lowest BCUT2D eigenvalue weighted by atomic mass is 10.2. The molecule has 1 rings (SSSR count). The van der Waals surface area contributed by atoms with Crippen molar-refractivity contribution in [2.45, 2.75) is 34.1 Å². The molecule has 0 aliphatic carbocycles. The van der Waals surface area contributed by atoms with Gasteiger partial charge in [0, 0.05) is 19.3 Å². The molecule has 0 saturated carbocycles. The van der Waals surface area contributed by atoms with Crippen LogP contribution in [-0.4, -0.2) is 24.5 Å². The van der Waals surface area contributed by atoms with E-state index in [1.807, 2.05) is 45.0 Å². The number of aryl methyl sites for hydroxylation is 1. The topological polar surface area (TPSA) is 32.3 Å². The highest BCUT2D eigenvalue weighted by atomic mass is 16.2. The molecule has 0 fully saturated rings. The van der Waals surface area contributed by atoms with Gasteiger partial charge in [0.15, 0.2) is 0 Å². The highest BCUT2D eigenvalue weighted by Crippen LogP contribution is 2.09. The fraction of sp³-hybridized carbons (Fsp3) is 0.500. The maximum atomic E-state index is 11.6. The van der Waals surface area contributed by atoms with Gasteiger partial charge in [-0.3, -0.25) is 0 Å². The van der Waals surface area contributed by atoms with Crippen molar-refractivity contribution < 1.29 is 4.79 Å². The summed E-state index contributed by atoms with van der Waals surface area (Å²) in [6, 6.07) is 7.73. The monoisotopic (exact) mass is 236 g/mol. The van der Waals surface area contributed by atoms with Gasteiger partial charge in [-0.15, -0.1) is 0 Å². The average Bonchev–Trinajstić information content (AvgIpc) is 2.35. The van der Waals surface area contributed by atoms with Crippen LogP contribution in [0.25, 0.3) is 0 Å². The summed E-state index contributed by atoms with van der Waals surface area (Å²) < 4.78 is 0. The van der Waals surface area contributed by atoms with Crippen LogP contribution in [0.4, 0.5) is 10.5 Å². The Morgan fingerprint density at radius 1 is 1.24 bits per heavy atom. The fourth-order valence-corrected chi connectivity index (χ4v) is 1.29. The largest absolute Gasteiger partial charge is 0.328 e. The van der Waals surface area contributed by atoms with Crippen molar-refractivity contribution in [2.24, 2.45) is 0 Å². The van der Waals surface area contributed by atoms with E-state index in [0.29, 0.717) is 0 Å². The molecule has 0 saturated heterocycles. The Hall–Kier alpha value is -1.51. The number of nitrogens with zero attached hydrogens (tertiary/aromatic N) is 1. The van der Waals surface area contributed by atoms with E-state index in [-0.39, 0.29) is 6.03 Å². The number of benzene rings is 1. The fourth-order valence-electron chi connectivity index (χ4n) is 1.29. The molecule has 2 amide bonds. The molecule has 0 heterocycles. The van der Waals surface area contributed by atoms with Crippen molar-refractivity contribution in [3.05, 3.63) is 29.8 Å². The number of rotatable bonds is 3. The predicted octanol–water partition coefficient (Wildman–Crippen LogP) is 3.89. The van der Waals surface area contributed by atoms with Gasteiger partial charge in [0.2, 0.25) is 0 Å². The minimum absolute atomic E-state index is 0.0549. The van der Waals surface area contributed by atoms with Crippen molar-refractivity contribution in [3.63, 3.8) is 0 Å². The molecule has 0 aliphatic heterocycles. The van der Waals surface area contributed by atoms with E-state index in [1.165, 1.54) is 5.56 Å². The van der Waals surface area contributed by atoms with E-state index in [9.17, 15) is 4.79 Å². The Bertz CT molecular complexity index is 319. The maximum Gasteiger partial charge on any atom is 0.321 e. The summed E-state index contributed by atoms with van der Waals surface area (Å²) in [6.07, 6.45) is 0.970. The first-order valence-electron chi connectivity index (χ1n) is 6.22. The van der Waals surface area contributed by atoms with Crippen LogP contribution in [-0.2, 0) is 0 Å². The van der Waals surface area contributed by atoms with Crippen LogP contribution in [0.3, 0.4) is 0 Å². The average molecular weight is 236 g/mol. The molecule has 17 heavy (non-hydrogen) atoms. The summed E-state index contributed by atoms with van der Waals surface area (Å²) in [5, 5.41) is 2.84. The first kappa shape index (κ1) is 15.5. The zero-order valence-electron chi connectivity index (χ0n) is 11.6. The van der Waals surface area contributed by atoms with Crippen molar-refractivity contribution in [1.29, 1.82) is 0 Å². The Balaban J connectivity index is 0.00000121. The predicted molar refractivity (Wildman–Crippen MR) is 74.5 cm³/mol. The van der Waals surface area contributed by atoms with Crippen molar-refractivity contribution in [3.8, 4) is 0 Å². The van der Waals surface area contributed by atoms with E-state index in [4.69, 9.17) is 0 Å². The number of carbonyl (C=O) groups excluding carboxylic acids is 1. The minimum atomic E-state index is -0.0549. The second-order valence-corrected chi connectivity index (χ2v) is 3.72. The normalized spacial score (nSPS) is 9.00. The zero-order chi connectivity index (χ0) is 13.3. The van der Waals surface area contributed by atoms with Gasteiger partial charge in [-0.1, -0.05) is 38.5 Å². The highest BCUT2D eigenvalue weighted by Gasteiger charge is 2.06. The van der Waals surface area contributed by atoms with Crippen LogP contribution in [0.15, 0.2) is 24.3 Å². The molecule has 1 N–H and O–H groups in total. The Kier molecular flexibility index (Phi) is 7.85. The zero-order valence-corrected chi connectivity index (χ0v) is 11.6. The van der Waals surface area contributed by atoms with Crippen LogP contribution in [0.1, 0.15) is 32.8 Å². The number of hydrogen-bond acceptors (Lipinski definition) is 1. The summed E-state index contributed by atoms with van der Waals surface area (Å²) >= 11 is 0. The lowest BCUT2D eigenvalue weighted by molar-refractivity contribution is 0.222. The number of hydrogen-bond donors (Lipinski definition) is 1. The maximum absolute atomic E-state index is 11.6. The third-order valence-electron chi connectivity index (χ3n) is 2.21. The van der Waals surface area contributed by atoms with Gasteiger partial charge >= 0.3 is 6.03 Å². The van der Waals surface area contributed by atoms with Gasteiger partial charge in [-0.25, -0.2) is 4.79 Å². The molecule has 0 bridgehead atoms. The van der Waals surface area contributed by atoms with Gasteiger partial charge in [0.1, 0.15) is 0 Å². The van der Waals surface area contributed by atoms with E-state index >= 15 is 0 Å². The molecule has 0 radical (unpaired) electrons. The van der Waals surface area contributed by atoms with E-state index in [2.05, 4.69) is 12.2 Å². The number of anilines is 1. The standard InChI is InChI=1S/C12H18N2O.C2H6/c1-4-9-14(3)12(15)13-11-7-5-10(2)6-8-11;1-2/h5-8H,4,9H2,1-3H3,(H,13,15);1-2H3. The van der Waals surface area contributed by atoms with Gasteiger partial charge in [0.05, 0.1) is 0 Å². The van der Waals surface area contributed by atoms with Gasteiger partial charge in [-0.2, -0.15) is 0 Å². The third-order valence-corrected chi connectivity index (χ3v) is 2.21. The van der Waals surface area contributed by atoms with Gasteiger partial charge < -0.3 is 10.2 Å². The number of urea groups is 1. The molecular formula is C14H24N2O. The summed E-state index contributed by atoms with van der Waals surface area (Å²) in [5.74, 6) is 0. The first-order chi connectivity index (χ1) is 8.13. The molecule has 3 nitrogen and oxygen atoms in total. The molecular weight excluding hydrogens is 212 g/mol. The number of nitrogens with one attached hydrogen (secondary N) is 1. The third kappa shape index (κ3) is 5.95.